The molecule has 2 N–H and O–H groups in total. The Morgan fingerprint density at radius 1 is 1.35 bits per heavy atom. The van der Waals surface area contributed by atoms with E-state index in [0.717, 1.165) is 29.7 Å². The van der Waals surface area contributed by atoms with E-state index in [0.29, 0.717) is 11.5 Å². The van der Waals surface area contributed by atoms with E-state index < -0.39 is 0 Å². The summed E-state index contributed by atoms with van der Waals surface area (Å²) in [7, 11) is 0. The molecule has 0 saturated heterocycles. The van der Waals surface area contributed by atoms with Crippen LogP contribution in [0.4, 0.5) is 0 Å². The number of fused-ring (bicyclic) bond motifs is 2. The van der Waals surface area contributed by atoms with Gasteiger partial charge in [0.1, 0.15) is 0 Å². The van der Waals surface area contributed by atoms with E-state index in [-0.39, 0.29) is 5.91 Å². The highest BCUT2D eigenvalue weighted by molar-refractivity contribution is 5.97. The van der Waals surface area contributed by atoms with Gasteiger partial charge in [-0.1, -0.05) is 13.8 Å². The van der Waals surface area contributed by atoms with Gasteiger partial charge in [-0.3, -0.25) is 9.78 Å². The highest BCUT2D eigenvalue weighted by atomic mass is 16.1. The van der Waals surface area contributed by atoms with E-state index in [4.69, 9.17) is 10.7 Å². The van der Waals surface area contributed by atoms with E-state index in [1.54, 1.807) is 6.07 Å². The molecule has 0 saturated carbocycles. The molecule has 104 valence electrons. The molecule has 1 aliphatic carbocycles. The summed E-state index contributed by atoms with van der Waals surface area (Å²) in [6, 6.07) is 7.69. The molecule has 1 aromatic carbocycles. The molecule has 0 aliphatic heterocycles. The predicted octanol–water partition coefficient (Wildman–Crippen LogP) is 3.09. The average molecular weight is 268 g/mol. The van der Waals surface area contributed by atoms with Crippen LogP contribution in [0.1, 0.15) is 41.9 Å². The molecule has 1 aliphatic rings. The number of nitrogens with two attached hydrogens (primary N) is 1. The largest absolute Gasteiger partial charge is 0.366 e. The number of nitrogens with zero attached hydrogens (tertiary/aromatic N) is 1. The van der Waals surface area contributed by atoms with Crippen LogP contribution >= 0.6 is 0 Å². The summed E-state index contributed by atoms with van der Waals surface area (Å²) in [5.74, 6) is 1.06. The van der Waals surface area contributed by atoms with Crippen LogP contribution in [-0.2, 0) is 12.8 Å². The van der Waals surface area contributed by atoms with Gasteiger partial charge < -0.3 is 5.73 Å². The molecule has 1 amide bonds. The van der Waals surface area contributed by atoms with Crippen LogP contribution in [0, 0.1) is 11.8 Å². The van der Waals surface area contributed by atoms with Crippen molar-refractivity contribution in [1.29, 1.82) is 0 Å². The third kappa shape index (κ3) is 2.28. The average Bonchev–Trinajstić information content (AvgIpc) is 2.43. The third-order valence-corrected chi connectivity index (χ3v) is 4.44. The highest BCUT2D eigenvalue weighted by Gasteiger charge is 2.22. The first-order valence-corrected chi connectivity index (χ1v) is 7.27. The number of hydrogen-bond donors (Lipinski definition) is 1. The molecule has 0 radical (unpaired) electrons. The Morgan fingerprint density at radius 3 is 2.85 bits per heavy atom. The van der Waals surface area contributed by atoms with Crippen molar-refractivity contribution in [2.75, 3.05) is 0 Å². The van der Waals surface area contributed by atoms with Gasteiger partial charge in [0, 0.05) is 16.6 Å². The van der Waals surface area contributed by atoms with Crippen LogP contribution < -0.4 is 5.73 Å². The van der Waals surface area contributed by atoms with Crippen LogP contribution in [0.2, 0.25) is 0 Å². The van der Waals surface area contributed by atoms with Crippen LogP contribution in [0.5, 0.6) is 0 Å². The maximum atomic E-state index is 11.3. The first kappa shape index (κ1) is 13.1. The SMILES string of the molecule is CC(C)C1CCc2nc3ccc(C(N)=O)cc3cc2C1. The van der Waals surface area contributed by atoms with Crippen molar-refractivity contribution >= 4 is 16.8 Å². The number of rotatable bonds is 2. The minimum absolute atomic E-state index is 0.385. The Hall–Kier alpha value is -1.90. The van der Waals surface area contributed by atoms with E-state index in [1.165, 1.54) is 17.7 Å². The van der Waals surface area contributed by atoms with Crippen LogP contribution in [-0.4, -0.2) is 10.9 Å². The number of carbonyl (C=O) groups is 1. The second-order valence-electron chi connectivity index (χ2n) is 6.11. The maximum Gasteiger partial charge on any atom is 0.248 e. The number of benzene rings is 1. The van der Waals surface area contributed by atoms with E-state index >= 15 is 0 Å². The summed E-state index contributed by atoms with van der Waals surface area (Å²) in [5, 5.41) is 1.02. The molecule has 1 heterocycles. The number of pyridine rings is 1. The molecular weight excluding hydrogens is 248 g/mol. The van der Waals surface area contributed by atoms with Gasteiger partial charge in [-0.2, -0.15) is 0 Å². The minimum atomic E-state index is -0.385. The van der Waals surface area contributed by atoms with Crippen molar-refractivity contribution in [2.24, 2.45) is 17.6 Å². The second-order valence-corrected chi connectivity index (χ2v) is 6.11. The lowest BCUT2D eigenvalue weighted by molar-refractivity contribution is 0.100. The fourth-order valence-electron chi connectivity index (χ4n) is 3.08. The molecule has 1 atom stereocenters. The van der Waals surface area contributed by atoms with Crippen molar-refractivity contribution in [3.8, 4) is 0 Å². The molecule has 1 aromatic heterocycles. The molecule has 3 nitrogen and oxygen atoms in total. The fourth-order valence-corrected chi connectivity index (χ4v) is 3.08. The van der Waals surface area contributed by atoms with Gasteiger partial charge >= 0.3 is 0 Å². The van der Waals surface area contributed by atoms with Crippen molar-refractivity contribution in [3.63, 3.8) is 0 Å². The van der Waals surface area contributed by atoms with Gasteiger partial charge in [-0.15, -0.1) is 0 Å². The molecular formula is C17H20N2O. The van der Waals surface area contributed by atoms with E-state index in [9.17, 15) is 4.79 Å². The first-order valence-electron chi connectivity index (χ1n) is 7.27. The van der Waals surface area contributed by atoms with Gasteiger partial charge in [0.05, 0.1) is 5.52 Å². The standard InChI is InChI=1S/C17H20N2O/c1-10(2)11-3-5-15-13(7-11)9-14-8-12(17(18)20)4-6-16(14)19-15/h4,6,8-11H,3,5,7H2,1-2H3,(H2,18,20). The monoisotopic (exact) mass is 268 g/mol. The van der Waals surface area contributed by atoms with Gasteiger partial charge in [-0.25, -0.2) is 0 Å². The summed E-state index contributed by atoms with van der Waals surface area (Å²) < 4.78 is 0. The number of aromatic nitrogens is 1. The Kier molecular flexibility index (Phi) is 3.20. The zero-order valence-electron chi connectivity index (χ0n) is 12.0. The smallest absolute Gasteiger partial charge is 0.248 e. The van der Waals surface area contributed by atoms with Crippen molar-refractivity contribution in [1.82, 2.24) is 4.98 Å². The molecule has 2 aromatic rings. The topological polar surface area (TPSA) is 56.0 Å². The van der Waals surface area contributed by atoms with Crippen LogP contribution in [0.3, 0.4) is 0 Å². The Balaban J connectivity index is 2.06. The Bertz CT molecular complexity index is 676. The van der Waals surface area contributed by atoms with Crippen molar-refractivity contribution < 1.29 is 4.79 Å². The summed E-state index contributed by atoms with van der Waals surface area (Å²) in [6.07, 6.45) is 3.38. The molecule has 0 fully saturated rings. The molecule has 1 unspecified atom stereocenters. The lowest BCUT2D eigenvalue weighted by Gasteiger charge is -2.27. The van der Waals surface area contributed by atoms with Gasteiger partial charge in [0.25, 0.3) is 0 Å². The number of amides is 1. The zero-order chi connectivity index (χ0) is 14.3. The molecule has 0 spiro atoms. The van der Waals surface area contributed by atoms with Gasteiger partial charge in [0.2, 0.25) is 5.91 Å². The second kappa shape index (κ2) is 4.89. The fraction of sp³-hybridized carbons (Fsp3) is 0.412. The molecule has 3 rings (SSSR count). The summed E-state index contributed by atoms with van der Waals surface area (Å²) in [4.78, 5) is 16.0. The van der Waals surface area contributed by atoms with Crippen molar-refractivity contribution in [2.45, 2.75) is 33.1 Å². The highest BCUT2D eigenvalue weighted by Crippen LogP contribution is 2.31. The number of aryl methyl sites for hydroxylation is 1. The minimum Gasteiger partial charge on any atom is -0.366 e. The van der Waals surface area contributed by atoms with Crippen LogP contribution in [0.15, 0.2) is 24.3 Å². The summed E-state index contributed by atoms with van der Waals surface area (Å²) in [6.45, 7) is 4.57. The third-order valence-electron chi connectivity index (χ3n) is 4.44. The zero-order valence-corrected chi connectivity index (χ0v) is 12.0. The lowest BCUT2D eigenvalue weighted by atomic mass is 9.80. The van der Waals surface area contributed by atoms with E-state index in [1.807, 2.05) is 12.1 Å². The van der Waals surface area contributed by atoms with Crippen LogP contribution in [0.25, 0.3) is 10.9 Å². The van der Waals surface area contributed by atoms with Crippen molar-refractivity contribution in [3.05, 3.63) is 41.1 Å². The summed E-state index contributed by atoms with van der Waals surface area (Å²) in [5.41, 5.74) is 9.41. The van der Waals surface area contributed by atoms with Gasteiger partial charge in [-0.05, 0) is 60.9 Å². The number of carbonyl (C=O) groups excluding carboxylic acids is 1. The molecule has 3 heteroatoms. The lowest BCUT2D eigenvalue weighted by Crippen LogP contribution is -2.20. The Morgan fingerprint density at radius 2 is 2.15 bits per heavy atom. The quantitative estimate of drug-likeness (QED) is 0.910. The van der Waals surface area contributed by atoms with Gasteiger partial charge in [0.15, 0.2) is 0 Å². The number of hydrogen-bond acceptors (Lipinski definition) is 2. The summed E-state index contributed by atoms with van der Waals surface area (Å²) >= 11 is 0. The van der Waals surface area contributed by atoms with E-state index in [2.05, 4.69) is 19.9 Å². The predicted molar refractivity (Wildman–Crippen MR) is 80.6 cm³/mol. The maximum absolute atomic E-state index is 11.3. The molecule has 0 bridgehead atoms. The normalized spacial score (nSPS) is 18.2. The number of primary amides is 1. The Labute approximate surface area is 119 Å². The molecule has 20 heavy (non-hydrogen) atoms. The first-order chi connectivity index (χ1) is 9.54.